The van der Waals surface area contributed by atoms with Gasteiger partial charge in [-0.15, -0.1) is 0 Å². The van der Waals surface area contributed by atoms with E-state index in [1.165, 1.54) is 38.5 Å². The zero-order valence-corrected chi connectivity index (χ0v) is 39.1. The molecular weight excluding hydrogens is 867 g/mol. The van der Waals surface area contributed by atoms with Crippen LogP contribution in [0.3, 0.4) is 0 Å². The second kappa shape index (κ2) is 17.8. The number of nitrogens with zero attached hydrogens (tertiary/aromatic N) is 6. The highest BCUT2D eigenvalue weighted by Gasteiger charge is 2.51. The summed E-state index contributed by atoms with van der Waals surface area (Å²) < 4.78 is 36.0. The molecule has 0 bridgehead atoms. The maximum absolute atomic E-state index is 14.0. The van der Waals surface area contributed by atoms with Crippen LogP contribution in [-0.4, -0.2) is 95.4 Å². The Labute approximate surface area is 392 Å². The van der Waals surface area contributed by atoms with Gasteiger partial charge in [-0.25, -0.2) is 23.1 Å². The fourth-order valence-corrected chi connectivity index (χ4v) is 12.6. The molecule has 2 saturated heterocycles. The monoisotopic (exact) mass is 927 g/mol. The lowest BCUT2D eigenvalue weighted by atomic mass is 9.59. The van der Waals surface area contributed by atoms with E-state index >= 15 is 0 Å². The van der Waals surface area contributed by atoms with E-state index in [0.29, 0.717) is 47.3 Å². The van der Waals surface area contributed by atoms with Gasteiger partial charge in [-0.1, -0.05) is 44.0 Å². The van der Waals surface area contributed by atoms with Crippen LogP contribution in [0.4, 0.5) is 17.2 Å². The van der Waals surface area contributed by atoms with Gasteiger partial charge >= 0.3 is 5.69 Å². The summed E-state index contributed by atoms with van der Waals surface area (Å²) in [6, 6.07) is 20.9. The third-order valence-corrected chi connectivity index (χ3v) is 17.3. The van der Waals surface area contributed by atoms with Crippen molar-refractivity contribution >= 4 is 44.2 Å². The number of H-pyrrole nitrogens is 1. The molecule has 5 aromatic rings. The molecule has 1 spiro atoms. The molecule has 6 aliphatic rings. The predicted molar refractivity (Wildman–Crippen MR) is 257 cm³/mol. The Kier molecular flexibility index (Phi) is 11.7. The number of ether oxygens (including phenoxy) is 1. The Morgan fingerprint density at radius 2 is 1.67 bits per heavy atom. The van der Waals surface area contributed by atoms with Crippen molar-refractivity contribution in [3.8, 4) is 11.5 Å². The Morgan fingerprint density at radius 1 is 0.896 bits per heavy atom. The van der Waals surface area contributed by atoms with Crippen LogP contribution in [0, 0.1) is 27.4 Å². The van der Waals surface area contributed by atoms with Gasteiger partial charge in [-0.2, -0.15) is 0 Å². The number of carbonyl (C=O) groups is 1. The van der Waals surface area contributed by atoms with Gasteiger partial charge in [0.1, 0.15) is 22.0 Å². The lowest BCUT2D eigenvalue weighted by Gasteiger charge is -2.58. The minimum Gasteiger partial charge on any atom is -0.455 e. The summed E-state index contributed by atoms with van der Waals surface area (Å²) in [7, 11) is -4.59. The number of amides is 1. The number of hydrogen-bond acceptors (Lipinski definition) is 12. The van der Waals surface area contributed by atoms with Crippen LogP contribution in [0.1, 0.15) is 117 Å². The summed E-state index contributed by atoms with van der Waals surface area (Å²) in [4.78, 5) is 44.7. The number of carbonyl (C=O) groups excluding carboxylic acids is 1. The molecule has 0 radical (unpaired) electrons. The number of piperidine rings is 1. The molecule has 4 saturated carbocycles. The summed E-state index contributed by atoms with van der Waals surface area (Å²) >= 11 is 0. The van der Waals surface area contributed by atoms with Crippen molar-refractivity contribution < 1.29 is 22.9 Å². The standard InChI is InChI=1S/C51H61N9O6S/c1-33-6-8-34(9-7-33)29-53-49-45(60(62)63)26-41(31-55-49)67(64,65)56-50(61)44-15-14-38(25-47(44)66-40-24-36-16-19-52-48(36)54-30-40)57-20-17-51(18-21-57)27-39(28-51)59-23-22-58(37-12-13-37)32-46(59)43-5-3-2-4-42(43)35-10-11-35/h2-5,14-16,19,24-26,30-31,33-35,37,39,46H,6-13,17-18,20-23,27-29,32H2,1H3,(H,52,54)(H,53,55)(H,56,61)/t33?,34?,46-/m0/s1. The first-order chi connectivity index (χ1) is 32.5. The van der Waals surface area contributed by atoms with Gasteiger partial charge in [0.25, 0.3) is 15.9 Å². The van der Waals surface area contributed by atoms with Crippen LogP contribution in [0.25, 0.3) is 11.0 Å². The van der Waals surface area contributed by atoms with E-state index in [1.54, 1.807) is 41.7 Å². The van der Waals surface area contributed by atoms with Gasteiger partial charge in [0.15, 0.2) is 0 Å². The fourth-order valence-electron chi connectivity index (χ4n) is 11.7. The van der Waals surface area contributed by atoms with Crippen molar-refractivity contribution in [3.05, 3.63) is 106 Å². The van der Waals surface area contributed by atoms with Crippen LogP contribution in [0.15, 0.2) is 84.1 Å². The molecule has 6 fully saturated rings. The largest absolute Gasteiger partial charge is 0.455 e. The molecule has 3 N–H and O–H groups in total. The van der Waals surface area contributed by atoms with Crippen molar-refractivity contribution in [2.45, 2.75) is 113 Å². The van der Waals surface area contributed by atoms with Crippen LogP contribution in [0.5, 0.6) is 11.5 Å². The second-order valence-corrected chi connectivity index (χ2v) is 22.2. The molecule has 5 heterocycles. The molecule has 352 valence electrons. The van der Waals surface area contributed by atoms with E-state index in [4.69, 9.17) is 4.74 Å². The summed E-state index contributed by atoms with van der Waals surface area (Å²) in [6.07, 6.45) is 18.4. The summed E-state index contributed by atoms with van der Waals surface area (Å²) in [5, 5.41) is 16.0. The highest BCUT2D eigenvalue weighted by atomic mass is 32.2. The summed E-state index contributed by atoms with van der Waals surface area (Å²) in [5.74, 6) is 1.33. The van der Waals surface area contributed by atoms with E-state index in [1.807, 2.05) is 12.1 Å². The SMILES string of the molecule is CC1CCC(CNc2ncc(S(=O)(=O)NC(=O)c3ccc(N4CCC5(CC4)CC(N4CCN(C6CC6)C[C@H]4c4ccccc4C4CC4)C5)cc3Oc3cnc4[nH]ccc4c3)cc2[N+](=O)[O-])CC1. The molecule has 4 aliphatic carbocycles. The average Bonchev–Trinajstić information content (AvgIpc) is 4.28. The molecule has 0 unspecified atom stereocenters. The van der Waals surface area contributed by atoms with Crippen molar-refractivity contribution in [3.63, 3.8) is 0 Å². The first-order valence-electron chi connectivity index (χ1n) is 24.5. The minimum atomic E-state index is -4.59. The molecule has 2 aliphatic heterocycles. The van der Waals surface area contributed by atoms with Gasteiger partial charge in [0.2, 0.25) is 5.82 Å². The zero-order valence-electron chi connectivity index (χ0n) is 38.2. The molecule has 3 aromatic heterocycles. The van der Waals surface area contributed by atoms with Crippen molar-refractivity contribution in [2.24, 2.45) is 17.3 Å². The Morgan fingerprint density at radius 3 is 2.42 bits per heavy atom. The number of sulfonamides is 1. The maximum atomic E-state index is 14.0. The van der Waals surface area contributed by atoms with Crippen molar-refractivity contribution in [1.82, 2.24) is 29.5 Å². The number of nitro groups is 1. The third-order valence-electron chi connectivity index (χ3n) is 16.0. The molecular formula is C51H61N9O6S. The first-order valence-corrected chi connectivity index (χ1v) is 26.0. The van der Waals surface area contributed by atoms with Crippen molar-refractivity contribution in [2.75, 3.05) is 49.5 Å². The number of pyridine rings is 2. The first kappa shape index (κ1) is 44.0. The summed E-state index contributed by atoms with van der Waals surface area (Å²) in [6.45, 7) is 7.85. The van der Waals surface area contributed by atoms with E-state index in [2.05, 4.69) is 70.9 Å². The van der Waals surface area contributed by atoms with E-state index in [-0.39, 0.29) is 17.1 Å². The van der Waals surface area contributed by atoms with Crippen molar-refractivity contribution in [1.29, 1.82) is 0 Å². The Balaban J connectivity index is 0.787. The predicted octanol–water partition coefficient (Wildman–Crippen LogP) is 9.16. The van der Waals surface area contributed by atoms with Gasteiger partial charge in [0, 0.05) is 86.8 Å². The van der Waals surface area contributed by atoms with Crippen LogP contribution >= 0.6 is 0 Å². The second-order valence-electron chi connectivity index (χ2n) is 20.5. The van der Waals surface area contributed by atoms with Gasteiger partial charge < -0.3 is 19.9 Å². The number of nitrogens with one attached hydrogen (secondary N) is 3. The Bertz CT molecular complexity index is 2770. The maximum Gasteiger partial charge on any atom is 0.312 e. The fraction of sp³-hybridized carbons (Fsp3) is 0.510. The Hall–Kier alpha value is -5.58. The van der Waals surface area contributed by atoms with E-state index in [0.717, 1.165) is 107 Å². The van der Waals surface area contributed by atoms with E-state index < -0.39 is 31.4 Å². The third kappa shape index (κ3) is 9.24. The highest BCUT2D eigenvalue weighted by molar-refractivity contribution is 7.90. The number of anilines is 2. The quantitative estimate of drug-likeness (QED) is 0.0712. The number of hydrogen-bond donors (Lipinski definition) is 3. The molecule has 2 aromatic carbocycles. The number of piperazine rings is 1. The number of aromatic nitrogens is 3. The van der Waals surface area contributed by atoms with Crippen LogP contribution < -0.4 is 19.7 Å². The van der Waals surface area contributed by atoms with Gasteiger partial charge in [-0.3, -0.25) is 24.7 Å². The average molecular weight is 928 g/mol. The number of benzene rings is 2. The normalized spacial score (nSPS) is 23.8. The molecule has 1 atom stereocenters. The molecule has 67 heavy (non-hydrogen) atoms. The molecule has 11 rings (SSSR count). The van der Waals surface area contributed by atoms with Gasteiger partial charge in [0.05, 0.1) is 22.9 Å². The zero-order chi connectivity index (χ0) is 45.9. The molecule has 1 amide bonds. The topological polar surface area (TPSA) is 179 Å². The van der Waals surface area contributed by atoms with E-state index in [9.17, 15) is 23.3 Å². The number of aromatic amines is 1. The molecule has 16 heteroatoms. The summed E-state index contributed by atoms with van der Waals surface area (Å²) in [5.41, 5.74) is 4.49. The number of rotatable bonds is 14. The molecule has 15 nitrogen and oxygen atoms in total. The minimum absolute atomic E-state index is 0.00456. The lowest BCUT2D eigenvalue weighted by Crippen LogP contribution is -2.60. The highest BCUT2D eigenvalue weighted by Crippen LogP contribution is 2.54. The van der Waals surface area contributed by atoms with Crippen LogP contribution in [0.2, 0.25) is 0 Å². The number of fused-ring (bicyclic) bond motifs is 1. The van der Waals surface area contributed by atoms with Gasteiger partial charge in [-0.05, 0) is 123 Å². The lowest BCUT2D eigenvalue weighted by molar-refractivity contribution is -0.384. The van der Waals surface area contributed by atoms with Crippen LogP contribution in [-0.2, 0) is 10.0 Å². The smallest absolute Gasteiger partial charge is 0.312 e.